The molecule has 3 aromatic heterocycles. The second-order valence-corrected chi connectivity index (χ2v) is 6.29. The van der Waals surface area contributed by atoms with Crippen LogP contribution >= 0.6 is 0 Å². The van der Waals surface area contributed by atoms with Gasteiger partial charge in [0.05, 0.1) is 45.8 Å². The third-order valence-corrected chi connectivity index (χ3v) is 4.52. The van der Waals surface area contributed by atoms with Crippen molar-refractivity contribution in [3.05, 3.63) is 66.2 Å². The summed E-state index contributed by atoms with van der Waals surface area (Å²) in [7, 11) is -1.30. The van der Waals surface area contributed by atoms with Crippen molar-refractivity contribution in [3.63, 3.8) is 0 Å². The minimum Gasteiger partial charge on any atom is -0.496 e. The lowest BCUT2D eigenvalue weighted by atomic mass is 10.2. The molecule has 0 aliphatic heterocycles. The number of nitrogens with zero attached hydrogens (tertiary/aromatic N) is 3. The Bertz CT molecular complexity index is 1450. The van der Waals surface area contributed by atoms with Gasteiger partial charge in [-0.3, -0.25) is 9.19 Å². The molecule has 0 fully saturated rings. The molecule has 3 heterocycles. The molecular weight excluding hydrogens is 348 g/mol. The molecule has 0 bridgehead atoms. The highest BCUT2D eigenvalue weighted by atomic mass is 32.2. The van der Waals surface area contributed by atoms with Crippen LogP contribution in [0.25, 0.3) is 16.7 Å². The number of fused-ring (bicyclic) bond motifs is 1. The van der Waals surface area contributed by atoms with Gasteiger partial charge in [0.15, 0.2) is 5.16 Å². The van der Waals surface area contributed by atoms with E-state index in [1.807, 2.05) is 0 Å². The molecule has 0 aliphatic rings. The standard InChI is InChI=1S/C19H18N4O2S/c1-13-17(20-8-7-18(13)25-2)12-26(24)19-21-15-6-5-14(11-16(15)22-19)23-9-3-4-10-23/h3-11H,12H2,1-2H3,(H,21,22)/i1D3,3D,4D,9D,10D,12D2. The Balaban J connectivity index is 1.80. The number of nitrogens with one attached hydrogen (secondary N) is 1. The van der Waals surface area contributed by atoms with Gasteiger partial charge >= 0.3 is 0 Å². The minimum absolute atomic E-state index is 0.114. The Hall–Kier alpha value is -2.93. The van der Waals surface area contributed by atoms with E-state index in [2.05, 4.69) is 15.0 Å². The molecule has 0 radical (unpaired) electrons. The molecule has 0 spiro atoms. The molecule has 0 saturated carbocycles. The van der Waals surface area contributed by atoms with E-state index in [1.54, 1.807) is 0 Å². The largest absolute Gasteiger partial charge is 0.496 e. The van der Waals surface area contributed by atoms with Gasteiger partial charge in [-0.05, 0) is 43.2 Å². The molecule has 0 amide bonds. The summed E-state index contributed by atoms with van der Waals surface area (Å²) in [5, 5.41) is -0.282. The van der Waals surface area contributed by atoms with Crippen LogP contribution < -0.4 is 4.74 Å². The van der Waals surface area contributed by atoms with Crippen molar-refractivity contribution in [1.29, 1.82) is 0 Å². The van der Waals surface area contributed by atoms with Crippen molar-refractivity contribution in [1.82, 2.24) is 19.5 Å². The fraction of sp³-hybridized carbons (Fsp3) is 0.158. The van der Waals surface area contributed by atoms with Crippen LogP contribution in [0, 0.1) is 6.85 Å². The SMILES string of the molecule is [2H]c1c([2H])c([2H])n(-c2ccc3nc(S(=O)C([2H])([2H])c4nccc(OC)c4C([2H])([2H])[2H])[nH]c3c2)c1[2H]. The zero-order valence-corrected chi connectivity index (χ0v) is 14.3. The summed E-state index contributed by atoms with van der Waals surface area (Å²) in [6.45, 7) is -2.79. The number of H-pyrrole nitrogens is 1. The number of hydrogen-bond donors (Lipinski definition) is 1. The van der Waals surface area contributed by atoms with E-state index in [1.165, 1.54) is 37.6 Å². The van der Waals surface area contributed by atoms with Gasteiger partial charge in [-0.25, -0.2) is 4.98 Å². The second-order valence-electron chi connectivity index (χ2n) is 5.16. The van der Waals surface area contributed by atoms with Gasteiger partial charge in [0.1, 0.15) is 5.75 Å². The third-order valence-electron chi connectivity index (χ3n) is 3.60. The summed E-state index contributed by atoms with van der Waals surface area (Å²) < 4.78 is 91.3. The summed E-state index contributed by atoms with van der Waals surface area (Å²) in [6, 6.07) is 4.93. The molecule has 4 rings (SSSR count). The zero-order valence-electron chi connectivity index (χ0n) is 22.5. The molecule has 7 heteroatoms. The normalized spacial score (nSPS) is 18.4. The van der Waals surface area contributed by atoms with Crippen molar-refractivity contribution in [2.24, 2.45) is 0 Å². The van der Waals surface area contributed by atoms with Crippen molar-refractivity contribution in [2.75, 3.05) is 7.11 Å². The molecule has 132 valence electrons. The van der Waals surface area contributed by atoms with Gasteiger partial charge in [-0.15, -0.1) is 0 Å². The quantitative estimate of drug-likeness (QED) is 0.580. The molecule has 26 heavy (non-hydrogen) atoms. The molecule has 1 N–H and O–H groups in total. The number of pyridine rings is 1. The first-order chi connectivity index (χ1) is 16.3. The fourth-order valence-corrected chi connectivity index (χ4v) is 3.16. The summed E-state index contributed by atoms with van der Waals surface area (Å²) >= 11 is 0. The molecule has 1 aromatic carbocycles. The Morgan fingerprint density at radius 3 is 3.00 bits per heavy atom. The molecule has 0 aliphatic carbocycles. The minimum atomic E-state index is -2.79. The van der Waals surface area contributed by atoms with Gasteiger partial charge in [-0.2, -0.15) is 0 Å². The van der Waals surface area contributed by atoms with Gasteiger partial charge in [0.25, 0.3) is 0 Å². The second kappa shape index (κ2) is 6.76. The average Bonchev–Trinajstić information content (AvgIpc) is 3.31. The highest BCUT2D eigenvalue weighted by molar-refractivity contribution is 7.84. The van der Waals surface area contributed by atoms with E-state index in [0.717, 1.165) is 4.57 Å². The highest BCUT2D eigenvalue weighted by Crippen LogP contribution is 2.22. The van der Waals surface area contributed by atoms with E-state index in [9.17, 15) is 4.21 Å². The van der Waals surface area contributed by atoms with E-state index < -0.39 is 46.7 Å². The number of hydrogen-bond acceptors (Lipinski definition) is 4. The lowest BCUT2D eigenvalue weighted by molar-refractivity contribution is 0.410. The van der Waals surface area contributed by atoms with Crippen LogP contribution in [-0.2, 0) is 16.5 Å². The van der Waals surface area contributed by atoms with Crippen molar-refractivity contribution < 1.29 is 21.3 Å². The molecule has 4 aromatic rings. The fourth-order valence-electron chi connectivity index (χ4n) is 2.35. The smallest absolute Gasteiger partial charge is 0.197 e. The Morgan fingerprint density at radius 1 is 1.38 bits per heavy atom. The summed E-state index contributed by atoms with van der Waals surface area (Å²) in [4.78, 5) is 10.8. The van der Waals surface area contributed by atoms with E-state index in [-0.39, 0.29) is 28.9 Å². The Morgan fingerprint density at radius 2 is 2.23 bits per heavy atom. The van der Waals surface area contributed by atoms with Crippen LogP contribution in [0.4, 0.5) is 0 Å². The van der Waals surface area contributed by atoms with Gasteiger partial charge < -0.3 is 14.3 Å². The van der Waals surface area contributed by atoms with E-state index in [4.69, 9.17) is 17.1 Å². The van der Waals surface area contributed by atoms with Crippen LogP contribution in [-0.4, -0.2) is 30.8 Å². The molecule has 1 unspecified atom stereocenters. The van der Waals surface area contributed by atoms with Crippen LogP contribution in [0.1, 0.15) is 23.6 Å². The topological polar surface area (TPSA) is 72.8 Å². The number of methoxy groups -OCH3 is 1. The number of ether oxygens (including phenoxy) is 1. The van der Waals surface area contributed by atoms with Gasteiger partial charge in [0, 0.05) is 36.6 Å². The number of imidazole rings is 1. The molecule has 6 nitrogen and oxygen atoms in total. The number of aromatic amines is 1. The van der Waals surface area contributed by atoms with E-state index >= 15 is 0 Å². The summed E-state index contributed by atoms with van der Waals surface area (Å²) in [5.41, 5.74) is -2.95. The predicted molar refractivity (Wildman–Crippen MR) is 101 cm³/mol. The zero-order chi connectivity index (χ0) is 25.9. The maximum atomic E-state index is 13.3. The van der Waals surface area contributed by atoms with Crippen LogP contribution in [0.5, 0.6) is 5.75 Å². The Labute approximate surface area is 166 Å². The number of benzene rings is 1. The summed E-state index contributed by atoms with van der Waals surface area (Å²) in [6.07, 6.45) is 0.471. The first kappa shape index (κ1) is 9.14. The number of rotatable bonds is 5. The van der Waals surface area contributed by atoms with Gasteiger partial charge in [0.2, 0.25) is 0 Å². The first-order valence-electron chi connectivity index (χ1n) is 11.9. The molecule has 0 saturated heterocycles. The van der Waals surface area contributed by atoms with Crippen LogP contribution in [0.2, 0.25) is 0 Å². The lowest BCUT2D eigenvalue weighted by Gasteiger charge is -2.08. The Kier molecular flexibility index (Phi) is 2.38. The molecule has 1 atom stereocenters. The van der Waals surface area contributed by atoms with E-state index in [0.29, 0.717) is 11.0 Å². The van der Waals surface area contributed by atoms with Crippen LogP contribution in [0.3, 0.4) is 0 Å². The highest BCUT2D eigenvalue weighted by Gasteiger charge is 2.15. The van der Waals surface area contributed by atoms with Crippen LogP contribution in [0.15, 0.2) is 60.0 Å². The maximum Gasteiger partial charge on any atom is 0.197 e. The number of aromatic nitrogens is 4. The first-order valence-corrected chi connectivity index (χ1v) is 8.55. The van der Waals surface area contributed by atoms with Crippen molar-refractivity contribution in [3.8, 4) is 11.4 Å². The maximum absolute atomic E-state index is 13.3. The van der Waals surface area contributed by atoms with Crippen molar-refractivity contribution >= 4 is 21.8 Å². The summed E-state index contributed by atoms with van der Waals surface area (Å²) in [5.74, 6) is -0.114. The average molecular weight is 376 g/mol. The monoisotopic (exact) mass is 375 g/mol. The predicted octanol–water partition coefficient (Wildman–Crippen LogP) is 3.37. The van der Waals surface area contributed by atoms with Crippen molar-refractivity contribution in [2.45, 2.75) is 17.7 Å². The molecular formula is C19H18N4O2S. The van der Waals surface area contributed by atoms with Gasteiger partial charge in [-0.1, -0.05) is 0 Å². The third kappa shape index (κ3) is 3.01. The lowest BCUT2D eigenvalue weighted by Crippen LogP contribution is -2.03.